The summed E-state index contributed by atoms with van der Waals surface area (Å²) < 4.78 is 0. The van der Waals surface area contributed by atoms with E-state index >= 15 is 0 Å². The van der Waals surface area contributed by atoms with Crippen LogP contribution in [0, 0.1) is 33.5 Å². The molecule has 236 valence electrons. The van der Waals surface area contributed by atoms with Gasteiger partial charge in [0.1, 0.15) is 0 Å². The van der Waals surface area contributed by atoms with E-state index in [1.165, 1.54) is 64.2 Å². The van der Waals surface area contributed by atoms with Crippen molar-refractivity contribution in [1.29, 1.82) is 0 Å². The van der Waals surface area contributed by atoms with E-state index < -0.39 is 0 Å². The van der Waals surface area contributed by atoms with Crippen molar-refractivity contribution in [3.05, 3.63) is 24.3 Å². The summed E-state index contributed by atoms with van der Waals surface area (Å²) in [6.45, 7) is 28.3. The molecule has 2 aliphatic rings. The molecule has 0 saturated heterocycles. The Hall–Kier alpha value is 1.58. The average Bonchev–Trinajstić information content (AvgIpc) is 2.74. The summed E-state index contributed by atoms with van der Waals surface area (Å²) in [4.78, 5) is 0. The van der Waals surface area contributed by atoms with Crippen LogP contribution in [0.2, 0.25) is 0 Å². The van der Waals surface area contributed by atoms with Gasteiger partial charge in [0.2, 0.25) is 0 Å². The first-order valence-corrected chi connectivity index (χ1v) is 16.3. The summed E-state index contributed by atoms with van der Waals surface area (Å²) >= 11 is 0. The Labute approximate surface area is 277 Å². The van der Waals surface area contributed by atoms with Crippen molar-refractivity contribution in [3.8, 4) is 0 Å². The van der Waals surface area contributed by atoms with E-state index in [-0.39, 0.29) is 77.2 Å². The van der Waals surface area contributed by atoms with Crippen molar-refractivity contribution in [2.75, 3.05) is 0 Å². The monoisotopic (exact) mass is 712 g/mol. The second kappa shape index (κ2) is 17.8. The van der Waals surface area contributed by atoms with Crippen LogP contribution >= 0.6 is 18.5 Å². The van der Waals surface area contributed by atoms with Crippen molar-refractivity contribution < 1.29 is 45.2 Å². The maximum Gasteiger partial charge on any atom is 2.00 e. The van der Waals surface area contributed by atoms with Crippen molar-refractivity contribution >= 4 is 18.5 Å². The predicted octanol–water partition coefficient (Wildman–Crippen LogP) is 5.66. The molecule has 2 unspecified atom stereocenters. The van der Waals surface area contributed by atoms with Gasteiger partial charge in [-0.2, -0.15) is 0 Å². The van der Waals surface area contributed by atoms with E-state index in [1.807, 2.05) is 0 Å². The molecule has 0 aromatic heterocycles. The van der Waals surface area contributed by atoms with Crippen LogP contribution in [0.15, 0.2) is 24.3 Å². The SMILES string of the molecule is CC(C)(C)C(P)(C=CC1CCCCC1)C(C)(C)C.CC(C)(C)C(P)(C=CC1CCCCC1)C(C)(C)C.[Cl-].[Cl-].[Pd+2]. The van der Waals surface area contributed by atoms with E-state index in [9.17, 15) is 0 Å². The minimum absolute atomic E-state index is 0. The molecule has 0 aromatic carbocycles. The molecule has 2 rings (SSSR count). The Morgan fingerprint density at radius 1 is 0.436 bits per heavy atom. The summed E-state index contributed by atoms with van der Waals surface area (Å²) in [6, 6.07) is 0. The third-order valence-electron chi connectivity index (χ3n) is 9.53. The Morgan fingerprint density at radius 3 is 0.821 bits per heavy atom. The second-order valence-corrected chi connectivity index (χ2v) is 18.1. The topological polar surface area (TPSA) is 0 Å². The number of allylic oxidation sites excluding steroid dienone is 4. The van der Waals surface area contributed by atoms with Gasteiger partial charge in [0.25, 0.3) is 0 Å². The zero-order valence-electron chi connectivity index (χ0n) is 27.8. The Kier molecular flexibility index (Phi) is 20.5. The molecule has 0 nitrogen and oxygen atoms in total. The molecule has 2 aliphatic carbocycles. The van der Waals surface area contributed by atoms with Gasteiger partial charge in [-0.25, -0.2) is 0 Å². The van der Waals surface area contributed by atoms with E-state index in [0.29, 0.717) is 0 Å². The number of hydrogen-bond donors (Lipinski definition) is 0. The normalized spacial score (nSPS) is 19.0. The van der Waals surface area contributed by atoms with E-state index in [0.717, 1.165) is 11.8 Å². The van der Waals surface area contributed by atoms with E-state index in [2.05, 4.69) is 126 Å². The Balaban J connectivity index is -0.000000617. The molecular formula is C34H66Cl2P2Pd. The first-order chi connectivity index (χ1) is 16.2. The summed E-state index contributed by atoms with van der Waals surface area (Å²) in [7, 11) is 6.32. The van der Waals surface area contributed by atoms with Crippen LogP contribution in [0.3, 0.4) is 0 Å². The molecule has 0 amide bonds. The van der Waals surface area contributed by atoms with Gasteiger partial charge in [-0.05, 0) is 59.2 Å². The summed E-state index contributed by atoms with van der Waals surface area (Å²) in [5, 5.41) is 0.328. The first-order valence-electron chi connectivity index (χ1n) is 15.1. The molecule has 0 spiro atoms. The standard InChI is InChI=1S/2C17H33P.2ClH.Pd/c2*1-15(2,3)17(18,16(4,5)6)13-12-14-10-8-7-9-11-14;;;/h2*12-14H,7-11,18H2,1-6H3;2*1H;/q;;;;+2/p-2. The van der Waals surface area contributed by atoms with Crippen LogP contribution in [0.25, 0.3) is 0 Å². The molecule has 2 fully saturated rings. The number of halogens is 2. The molecule has 2 atom stereocenters. The van der Waals surface area contributed by atoms with Gasteiger partial charge in [0, 0.05) is 10.3 Å². The molecular weight excluding hydrogens is 648 g/mol. The average molecular weight is 714 g/mol. The van der Waals surface area contributed by atoms with Crippen molar-refractivity contribution in [1.82, 2.24) is 0 Å². The third-order valence-corrected chi connectivity index (χ3v) is 13.4. The fourth-order valence-corrected chi connectivity index (χ4v) is 6.70. The number of rotatable bonds is 4. The molecule has 2 saturated carbocycles. The van der Waals surface area contributed by atoms with Crippen LogP contribution in [0.5, 0.6) is 0 Å². The fourth-order valence-electron chi connectivity index (χ4n) is 6.48. The van der Waals surface area contributed by atoms with Crippen molar-refractivity contribution in [2.24, 2.45) is 33.5 Å². The minimum Gasteiger partial charge on any atom is -1.00 e. The van der Waals surface area contributed by atoms with Gasteiger partial charge >= 0.3 is 20.4 Å². The third kappa shape index (κ3) is 13.0. The van der Waals surface area contributed by atoms with E-state index in [4.69, 9.17) is 0 Å². The molecule has 39 heavy (non-hydrogen) atoms. The Bertz CT molecular complexity index is 615. The zero-order chi connectivity index (χ0) is 28.1. The zero-order valence-corrected chi connectivity index (χ0v) is 33.1. The summed E-state index contributed by atoms with van der Waals surface area (Å²) in [6.07, 6.45) is 24.2. The van der Waals surface area contributed by atoms with Crippen LogP contribution in [-0.4, -0.2) is 10.3 Å². The smallest absolute Gasteiger partial charge is 1.00 e. The van der Waals surface area contributed by atoms with Crippen LogP contribution in [0.1, 0.15) is 147 Å². The minimum atomic E-state index is 0. The summed E-state index contributed by atoms with van der Waals surface area (Å²) in [5.41, 5.74) is 1.06. The van der Waals surface area contributed by atoms with Crippen LogP contribution in [-0.2, 0) is 20.4 Å². The van der Waals surface area contributed by atoms with Crippen LogP contribution < -0.4 is 24.8 Å². The van der Waals surface area contributed by atoms with Gasteiger partial charge in [-0.1, -0.05) is 146 Å². The fraction of sp³-hybridized carbons (Fsp3) is 0.882. The van der Waals surface area contributed by atoms with Crippen molar-refractivity contribution in [2.45, 2.75) is 158 Å². The van der Waals surface area contributed by atoms with Gasteiger partial charge in [-0.15, -0.1) is 18.5 Å². The van der Waals surface area contributed by atoms with Gasteiger partial charge < -0.3 is 24.8 Å². The second-order valence-electron chi connectivity index (χ2n) is 16.3. The molecule has 0 N–H and O–H groups in total. The van der Waals surface area contributed by atoms with E-state index in [1.54, 1.807) is 0 Å². The molecule has 5 heteroatoms. The number of hydrogen-bond acceptors (Lipinski definition) is 0. The van der Waals surface area contributed by atoms with Gasteiger partial charge in [-0.3, -0.25) is 0 Å². The van der Waals surface area contributed by atoms with Crippen molar-refractivity contribution in [3.63, 3.8) is 0 Å². The molecule has 0 aromatic rings. The van der Waals surface area contributed by atoms with Gasteiger partial charge in [0.05, 0.1) is 0 Å². The quantitative estimate of drug-likeness (QED) is 0.201. The summed E-state index contributed by atoms with van der Waals surface area (Å²) in [5.74, 6) is 1.65. The molecule has 0 bridgehead atoms. The molecule has 0 aliphatic heterocycles. The first kappa shape index (κ1) is 45.0. The maximum atomic E-state index is 3.16. The Morgan fingerprint density at radius 2 is 0.641 bits per heavy atom. The molecule has 0 radical (unpaired) electrons. The largest absolute Gasteiger partial charge is 2.00 e. The maximum absolute atomic E-state index is 3.16. The molecule has 0 heterocycles. The van der Waals surface area contributed by atoms with Gasteiger partial charge in [0.15, 0.2) is 0 Å². The van der Waals surface area contributed by atoms with Crippen LogP contribution in [0.4, 0.5) is 0 Å². The predicted molar refractivity (Wildman–Crippen MR) is 174 cm³/mol.